The molecule has 1 heterocycles. The van der Waals surface area contributed by atoms with Gasteiger partial charge in [0.2, 0.25) is 0 Å². The molecule has 0 aliphatic carbocycles. The summed E-state index contributed by atoms with van der Waals surface area (Å²) in [5.74, 6) is -0.148. The molecule has 98 valence electrons. The van der Waals surface area contributed by atoms with Crippen LogP contribution in [0.5, 0.6) is 0 Å². The summed E-state index contributed by atoms with van der Waals surface area (Å²) in [6.07, 6.45) is 3.20. The Balaban J connectivity index is 2.16. The van der Waals surface area contributed by atoms with Gasteiger partial charge in [-0.15, -0.1) is 0 Å². The van der Waals surface area contributed by atoms with E-state index < -0.39 is 0 Å². The summed E-state index contributed by atoms with van der Waals surface area (Å²) < 4.78 is 0. The van der Waals surface area contributed by atoms with Crippen LogP contribution in [-0.2, 0) is 0 Å². The predicted octanol–water partition coefficient (Wildman–Crippen LogP) is 2.71. The lowest BCUT2D eigenvalue weighted by atomic mass is 10.1. The normalized spacial score (nSPS) is 10.1. The highest BCUT2D eigenvalue weighted by Gasteiger charge is 2.07. The topological polar surface area (TPSA) is 45.2 Å². The van der Waals surface area contributed by atoms with Crippen molar-refractivity contribution in [3.8, 4) is 0 Å². The summed E-state index contributed by atoms with van der Waals surface area (Å²) in [5.41, 5.74) is 3.60. The Hall–Kier alpha value is -2.36. The van der Waals surface area contributed by atoms with Crippen LogP contribution in [0, 0.1) is 6.92 Å². The van der Waals surface area contributed by atoms with Crippen LogP contribution in [0.1, 0.15) is 15.9 Å². The van der Waals surface area contributed by atoms with Gasteiger partial charge in [0.15, 0.2) is 0 Å². The summed E-state index contributed by atoms with van der Waals surface area (Å²) in [7, 11) is 3.99. The minimum Gasteiger partial charge on any atom is -0.377 e. The Labute approximate surface area is 113 Å². The second-order valence-corrected chi connectivity index (χ2v) is 4.59. The molecule has 0 aliphatic heterocycles. The van der Waals surface area contributed by atoms with Crippen molar-refractivity contribution >= 4 is 17.3 Å². The maximum absolute atomic E-state index is 12.0. The molecule has 1 amide bonds. The monoisotopic (exact) mass is 255 g/mol. The molecule has 4 nitrogen and oxygen atoms in total. The second-order valence-electron chi connectivity index (χ2n) is 4.59. The average Bonchev–Trinajstić information content (AvgIpc) is 2.39. The molecule has 4 heteroatoms. The smallest absolute Gasteiger partial charge is 0.257 e. The molecule has 0 saturated carbocycles. The molecule has 0 bridgehead atoms. The quantitative estimate of drug-likeness (QED) is 0.917. The summed E-state index contributed by atoms with van der Waals surface area (Å²) >= 11 is 0. The minimum atomic E-state index is -0.148. The molecule has 2 aromatic rings. The fourth-order valence-electron chi connectivity index (χ4n) is 1.94. The van der Waals surface area contributed by atoms with E-state index in [2.05, 4.69) is 10.3 Å². The van der Waals surface area contributed by atoms with Crippen molar-refractivity contribution in [3.05, 3.63) is 53.9 Å². The Morgan fingerprint density at radius 2 is 2.05 bits per heavy atom. The van der Waals surface area contributed by atoms with Gasteiger partial charge in [0.25, 0.3) is 5.91 Å². The third kappa shape index (κ3) is 3.10. The maximum Gasteiger partial charge on any atom is 0.257 e. The number of benzene rings is 1. The lowest BCUT2D eigenvalue weighted by molar-refractivity contribution is 0.102. The molecule has 0 saturated heterocycles. The first kappa shape index (κ1) is 13.1. The lowest BCUT2D eigenvalue weighted by Gasteiger charge is -2.16. The molecule has 0 unspecified atom stereocenters. The van der Waals surface area contributed by atoms with Crippen molar-refractivity contribution < 1.29 is 4.79 Å². The Kier molecular flexibility index (Phi) is 3.80. The van der Waals surface area contributed by atoms with Crippen molar-refractivity contribution in [2.75, 3.05) is 24.3 Å². The van der Waals surface area contributed by atoms with E-state index >= 15 is 0 Å². The molecular weight excluding hydrogens is 238 g/mol. The zero-order valence-electron chi connectivity index (χ0n) is 11.3. The summed E-state index contributed by atoms with van der Waals surface area (Å²) in [6.45, 7) is 2.02. The zero-order valence-corrected chi connectivity index (χ0v) is 11.3. The number of hydrogen-bond donors (Lipinski definition) is 1. The highest BCUT2D eigenvalue weighted by atomic mass is 16.1. The number of aromatic nitrogens is 1. The molecule has 0 spiro atoms. The first-order valence-corrected chi connectivity index (χ1v) is 6.07. The van der Waals surface area contributed by atoms with E-state index in [0.29, 0.717) is 5.56 Å². The third-order valence-electron chi connectivity index (χ3n) is 2.86. The Morgan fingerprint density at radius 3 is 2.63 bits per heavy atom. The second kappa shape index (κ2) is 5.52. The van der Waals surface area contributed by atoms with E-state index in [1.54, 1.807) is 24.5 Å². The minimum absolute atomic E-state index is 0.148. The fourth-order valence-corrected chi connectivity index (χ4v) is 1.94. The van der Waals surface area contributed by atoms with E-state index in [9.17, 15) is 4.79 Å². The van der Waals surface area contributed by atoms with Crippen molar-refractivity contribution in [3.63, 3.8) is 0 Å². The van der Waals surface area contributed by atoms with E-state index in [1.807, 2.05) is 44.1 Å². The average molecular weight is 255 g/mol. The van der Waals surface area contributed by atoms with Gasteiger partial charge in [-0.1, -0.05) is 0 Å². The predicted molar refractivity (Wildman–Crippen MR) is 77.7 cm³/mol. The molecule has 0 atom stereocenters. The van der Waals surface area contributed by atoms with Crippen molar-refractivity contribution in [2.45, 2.75) is 6.92 Å². The first-order valence-electron chi connectivity index (χ1n) is 6.07. The molecule has 1 aromatic heterocycles. The van der Waals surface area contributed by atoms with Gasteiger partial charge in [0.05, 0.1) is 5.56 Å². The number of carbonyl (C=O) groups excluding carboxylic acids is 1. The van der Waals surface area contributed by atoms with Crippen LogP contribution in [0.2, 0.25) is 0 Å². The lowest BCUT2D eigenvalue weighted by Crippen LogP contribution is -2.13. The number of nitrogens with zero attached hydrogens (tertiary/aromatic N) is 2. The molecule has 0 aliphatic rings. The van der Waals surface area contributed by atoms with Crippen LogP contribution in [0.3, 0.4) is 0 Å². The molecule has 0 radical (unpaired) electrons. The molecular formula is C15H17N3O. The number of aryl methyl sites for hydroxylation is 1. The van der Waals surface area contributed by atoms with Gasteiger partial charge < -0.3 is 10.2 Å². The molecule has 0 fully saturated rings. The van der Waals surface area contributed by atoms with Gasteiger partial charge in [-0.05, 0) is 42.8 Å². The van der Waals surface area contributed by atoms with E-state index in [0.717, 1.165) is 16.9 Å². The molecule has 2 rings (SSSR count). The van der Waals surface area contributed by atoms with Crippen LogP contribution in [-0.4, -0.2) is 25.0 Å². The van der Waals surface area contributed by atoms with Crippen LogP contribution in [0.25, 0.3) is 0 Å². The number of pyridine rings is 1. The number of hydrogen-bond acceptors (Lipinski definition) is 3. The largest absolute Gasteiger partial charge is 0.377 e. The van der Waals surface area contributed by atoms with Gasteiger partial charge in [-0.3, -0.25) is 9.78 Å². The van der Waals surface area contributed by atoms with Crippen LogP contribution >= 0.6 is 0 Å². The van der Waals surface area contributed by atoms with E-state index in [-0.39, 0.29) is 5.91 Å². The standard InChI is InChI=1S/C15H17N3O/c1-11-9-13(6-7-14(11)18(2)3)17-15(19)12-5-4-8-16-10-12/h4-10H,1-3H3,(H,17,19). The third-order valence-corrected chi connectivity index (χ3v) is 2.86. The van der Waals surface area contributed by atoms with Crippen LogP contribution < -0.4 is 10.2 Å². The number of anilines is 2. The van der Waals surface area contributed by atoms with Gasteiger partial charge in [0.1, 0.15) is 0 Å². The summed E-state index contributed by atoms with van der Waals surface area (Å²) in [5, 5.41) is 2.87. The van der Waals surface area contributed by atoms with Gasteiger partial charge in [-0.2, -0.15) is 0 Å². The number of rotatable bonds is 3. The summed E-state index contributed by atoms with van der Waals surface area (Å²) in [6, 6.07) is 9.34. The van der Waals surface area contributed by atoms with Crippen LogP contribution in [0.15, 0.2) is 42.7 Å². The van der Waals surface area contributed by atoms with Crippen molar-refractivity contribution in [2.24, 2.45) is 0 Å². The Morgan fingerprint density at radius 1 is 1.26 bits per heavy atom. The molecule has 1 aromatic carbocycles. The number of carbonyl (C=O) groups is 1. The molecule has 19 heavy (non-hydrogen) atoms. The van der Waals surface area contributed by atoms with Crippen molar-refractivity contribution in [1.29, 1.82) is 0 Å². The first-order chi connectivity index (χ1) is 9.08. The van der Waals surface area contributed by atoms with E-state index in [4.69, 9.17) is 0 Å². The summed E-state index contributed by atoms with van der Waals surface area (Å²) in [4.78, 5) is 18.0. The number of nitrogens with one attached hydrogen (secondary N) is 1. The number of amides is 1. The highest BCUT2D eigenvalue weighted by Crippen LogP contribution is 2.22. The van der Waals surface area contributed by atoms with Gasteiger partial charge >= 0.3 is 0 Å². The van der Waals surface area contributed by atoms with Crippen molar-refractivity contribution in [1.82, 2.24) is 4.98 Å². The fraction of sp³-hybridized carbons (Fsp3) is 0.200. The Bertz CT molecular complexity index is 579. The van der Waals surface area contributed by atoms with E-state index in [1.165, 1.54) is 0 Å². The maximum atomic E-state index is 12.0. The zero-order chi connectivity index (χ0) is 13.8. The highest BCUT2D eigenvalue weighted by molar-refractivity contribution is 6.04. The SMILES string of the molecule is Cc1cc(NC(=O)c2cccnc2)ccc1N(C)C. The molecule has 1 N–H and O–H groups in total. The van der Waals surface area contributed by atoms with Gasteiger partial charge in [0, 0.05) is 37.9 Å². The van der Waals surface area contributed by atoms with Crippen LogP contribution in [0.4, 0.5) is 11.4 Å². The van der Waals surface area contributed by atoms with Gasteiger partial charge in [-0.25, -0.2) is 0 Å².